The lowest BCUT2D eigenvalue weighted by atomic mass is 10.0. The van der Waals surface area contributed by atoms with Crippen LogP contribution in [-0.2, 0) is 16.0 Å². The first-order valence-electron chi connectivity index (χ1n) is 11.4. The predicted octanol–water partition coefficient (Wildman–Crippen LogP) is 3.60. The third-order valence-corrected chi connectivity index (χ3v) is 5.96. The first-order valence-corrected chi connectivity index (χ1v) is 12.0. The van der Waals surface area contributed by atoms with Gasteiger partial charge in [-0.1, -0.05) is 60.7 Å². The molecule has 178 valence electrons. The lowest BCUT2D eigenvalue weighted by Gasteiger charge is -2.23. The highest BCUT2D eigenvalue weighted by atomic mass is 35.5. The van der Waals surface area contributed by atoms with E-state index in [2.05, 4.69) is 10.6 Å². The lowest BCUT2D eigenvalue weighted by Crippen LogP contribution is -2.52. The van der Waals surface area contributed by atoms with Crippen LogP contribution in [0.1, 0.15) is 35.2 Å². The number of rotatable bonds is 12. The second-order valence-electron chi connectivity index (χ2n) is 8.22. The Morgan fingerprint density at radius 2 is 1.53 bits per heavy atom. The maximum absolute atomic E-state index is 13.2. The molecule has 0 aliphatic heterocycles. The van der Waals surface area contributed by atoms with Gasteiger partial charge < -0.3 is 16.4 Å². The maximum Gasteiger partial charge on any atom is 0.251 e. The summed E-state index contributed by atoms with van der Waals surface area (Å²) in [4.78, 5) is 38.7. The summed E-state index contributed by atoms with van der Waals surface area (Å²) in [5.74, 6) is -1.23. The highest BCUT2D eigenvalue weighted by Crippen LogP contribution is 2.16. The fraction of sp³-hybridized carbons (Fsp3) is 0.296. The molecule has 0 aliphatic rings. The monoisotopic (exact) mass is 479 g/mol. The minimum Gasteiger partial charge on any atom is -0.344 e. The molecule has 0 heterocycles. The van der Waals surface area contributed by atoms with Gasteiger partial charge in [0, 0.05) is 12.0 Å². The number of halogens is 1. The van der Waals surface area contributed by atoms with Crippen LogP contribution in [-0.4, -0.2) is 42.1 Å². The number of alkyl halides is 1. The smallest absolute Gasteiger partial charge is 0.251 e. The van der Waals surface area contributed by atoms with E-state index in [0.717, 1.165) is 22.8 Å². The van der Waals surface area contributed by atoms with Crippen molar-refractivity contribution in [3.05, 3.63) is 83.9 Å². The Bertz CT molecular complexity index is 1120. The second-order valence-corrected chi connectivity index (χ2v) is 8.49. The van der Waals surface area contributed by atoms with Gasteiger partial charge in [-0.05, 0) is 54.3 Å². The molecule has 0 unspecified atom stereocenters. The minimum atomic E-state index is -0.860. The number of carbonyl (C=O) groups is 3. The first kappa shape index (κ1) is 25.4. The molecule has 3 aromatic rings. The molecule has 3 aromatic carbocycles. The Balaban J connectivity index is 1.79. The highest BCUT2D eigenvalue weighted by Gasteiger charge is 2.27. The van der Waals surface area contributed by atoms with Gasteiger partial charge in [0.1, 0.15) is 6.04 Å². The van der Waals surface area contributed by atoms with Gasteiger partial charge in [-0.2, -0.15) is 0 Å². The Morgan fingerprint density at radius 1 is 0.824 bits per heavy atom. The number of Topliss-reactive ketones (excluding diaryl/α,β-unsaturated/α-hetero) is 1. The average Bonchev–Trinajstić information content (AvgIpc) is 2.87. The van der Waals surface area contributed by atoms with E-state index in [9.17, 15) is 14.4 Å². The van der Waals surface area contributed by atoms with Crippen molar-refractivity contribution in [2.24, 2.45) is 5.73 Å². The fourth-order valence-electron chi connectivity index (χ4n) is 3.80. The van der Waals surface area contributed by atoms with Gasteiger partial charge >= 0.3 is 0 Å². The van der Waals surface area contributed by atoms with Crippen LogP contribution >= 0.6 is 11.6 Å². The molecular formula is C27H30ClN3O3. The molecular weight excluding hydrogens is 450 g/mol. The van der Waals surface area contributed by atoms with Crippen molar-refractivity contribution in [2.45, 2.75) is 37.8 Å². The summed E-state index contributed by atoms with van der Waals surface area (Å²) < 4.78 is 0. The largest absolute Gasteiger partial charge is 0.344 e. The number of hydrogen-bond donors (Lipinski definition) is 3. The molecule has 0 saturated carbocycles. The van der Waals surface area contributed by atoms with E-state index >= 15 is 0 Å². The summed E-state index contributed by atoms with van der Waals surface area (Å²) in [6.45, 7) is 0.508. The summed E-state index contributed by atoms with van der Waals surface area (Å²) in [6.07, 6.45) is 2.17. The van der Waals surface area contributed by atoms with Crippen LogP contribution in [0.25, 0.3) is 10.8 Å². The molecule has 0 bridgehead atoms. The molecule has 2 atom stereocenters. The standard InChI is InChI=1S/C27H30ClN3O3/c28-18-25(32)23(12-6-7-15-29)30-27(34)24(16-19-8-2-1-3-9-19)31-26(33)22-14-13-20-10-4-5-11-21(20)17-22/h1-5,8-11,13-14,17,23-24H,6-7,12,15-16,18,29H2,(H,30,34)(H,31,33)/t23-,24-/m0/s1. The lowest BCUT2D eigenvalue weighted by molar-refractivity contribution is -0.128. The molecule has 0 saturated heterocycles. The van der Waals surface area contributed by atoms with Crippen molar-refractivity contribution < 1.29 is 14.4 Å². The summed E-state index contributed by atoms with van der Waals surface area (Å²) >= 11 is 5.77. The number of carbonyl (C=O) groups excluding carboxylic acids is 3. The molecule has 0 aromatic heterocycles. The van der Waals surface area contributed by atoms with Crippen molar-refractivity contribution in [3.8, 4) is 0 Å². The van der Waals surface area contributed by atoms with Crippen molar-refractivity contribution in [1.29, 1.82) is 0 Å². The van der Waals surface area contributed by atoms with Crippen LogP contribution in [0.2, 0.25) is 0 Å². The Labute approximate surface area is 204 Å². The van der Waals surface area contributed by atoms with E-state index in [4.69, 9.17) is 17.3 Å². The number of nitrogens with two attached hydrogens (primary N) is 1. The van der Waals surface area contributed by atoms with Gasteiger partial charge in [0.05, 0.1) is 11.9 Å². The third kappa shape index (κ3) is 7.14. The zero-order valence-electron chi connectivity index (χ0n) is 19.0. The van der Waals surface area contributed by atoms with Gasteiger partial charge in [-0.3, -0.25) is 14.4 Å². The third-order valence-electron chi connectivity index (χ3n) is 5.70. The number of hydrogen-bond acceptors (Lipinski definition) is 4. The van der Waals surface area contributed by atoms with E-state index in [-0.39, 0.29) is 24.0 Å². The van der Waals surface area contributed by atoms with E-state index < -0.39 is 18.0 Å². The molecule has 2 amide bonds. The molecule has 4 N–H and O–H groups in total. The van der Waals surface area contributed by atoms with E-state index in [1.54, 1.807) is 12.1 Å². The van der Waals surface area contributed by atoms with Crippen molar-refractivity contribution in [2.75, 3.05) is 12.4 Å². The highest BCUT2D eigenvalue weighted by molar-refractivity contribution is 6.28. The zero-order valence-corrected chi connectivity index (χ0v) is 19.8. The van der Waals surface area contributed by atoms with Crippen LogP contribution in [0.5, 0.6) is 0 Å². The SMILES string of the molecule is NCCCC[C@H](NC(=O)[C@H](Cc1ccccc1)NC(=O)c1ccc2ccccc2c1)C(=O)CCl. The van der Waals surface area contributed by atoms with E-state index in [1.165, 1.54) is 0 Å². The van der Waals surface area contributed by atoms with Crippen LogP contribution in [0.4, 0.5) is 0 Å². The molecule has 7 heteroatoms. The number of ketones is 1. The normalized spacial score (nSPS) is 12.6. The molecule has 3 rings (SSSR count). The Kier molecular flexibility index (Phi) is 9.62. The second kappa shape index (κ2) is 12.9. The van der Waals surface area contributed by atoms with Gasteiger partial charge in [0.15, 0.2) is 5.78 Å². The first-order chi connectivity index (χ1) is 16.5. The molecule has 0 spiro atoms. The number of benzene rings is 3. The quantitative estimate of drug-likeness (QED) is 0.273. The van der Waals surface area contributed by atoms with Crippen LogP contribution in [0.15, 0.2) is 72.8 Å². The molecule has 34 heavy (non-hydrogen) atoms. The molecule has 0 radical (unpaired) electrons. The van der Waals surface area contributed by atoms with E-state index in [0.29, 0.717) is 24.9 Å². The topological polar surface area (TPSA) is 101 Å². The summed E-state index contributed by atoms with van der Waals surface area (Å²) in [5, 5.41) is 7.63. The summed E-state index contributed by atoms with van der Waals surface area (Å²) in [6, 6.07) is 21.0. The van der Waals surface area contributed by atoms with Gasteiger partial charge in [0.2, 0.25) is 5.91 Å². The number of unbranched alkanes of at least 4 members (excludes halogenated alkanes) is 1. The number of amides is 2. The predicted molar refractivity (Wildman–Crippen MR) is 136 cm³/mol. The van der Waals surface area contributed by atoms with Crippen molar-refractivity contribution in [1.82, 2.24) is 10.6 Å². The summed E-state index contributed by atoms with van der Waals surface area (Å²) in [5.41, 5.74) is 6.91. The zero-order chi connectivity index (χ0) is 24.3. The Hall–Kier alpha value is -3.22. The Morgan fingerprint density at radius 3 is 2.24 bits per heavy atom. The average molecular weight is 480 g/mol. The van der Waals surface area contributed by atoms with Gasteiger partial charge in [0.25, 0.3) is 5.91 Å². The molecule has 0 fully saturated rings. The van der Waals surface area contributed by atoms with Crippen molar-refractivity contribution in [3.63, 3.8) is 0 Å². The van der Waals surface area contributed by atoms with Gasteiger partial charge in [-0.15, -0.1) is 11.6 Å². The van der Waals surface area contributed by atoms with Crippen molar-refractivity contribution >= 4 is 40.0 Å². The van der Waals surface area contributed by atoms with Gasteiger partial charge in [-0.25, -0.2) is 0 Å². The van der Waals surface area contributed by atoms with E-state index in [1.807, 2.05) is 60.7 Å². The fourth-order valence-corrected chi connectivity index (χ4v) is 3.99. The van der Waals surface area contributed by atoms with Crippen LogP contribution in [0.3, 0.4) is 0 Å². The molecule has 0 aliphatic carbocycles. The number of fused-ring (bicyclic) bond motifs is 1. The number of nitrogens with one attached hydrogen (secondary N) is 2. The van der Waals surface area contributed by atoms with Crippen LogP contribution in [0, 0.1) is 0 Å². The minimum absolute atomic E-state index is 0.194. The summed E-state index contributed by atoms with van der Waals surface area (Å²) in [7, 11) is 0. The molecule has 6 nitrogen and oxygen atoms in total. The maximum atomic E-state index is 13.2. The van der Waals surface area contributed by atoms with Crippen LogP contribution < -0.4 is 16.4 Å².